The lowest BCUT2D eigenvalue weighted by molar-refractivity contribution is 1.22. The Morgan fingerprint density at radius 2 is 1.48 bits per heavy atom. The van der Waals surface area contributed by atoms with Crippen LogP contribution in [-0.2, 0) is 0 Å². The highest BCUT2D eigenvalue weighted by Crippen LogP contribution is 2.38. The van der Waals surface area contributed by atoms with Crippen LogP contribution in [0.15, 0.2) is 58.1 Å². The molecule has 0 fully saturated rings. The van der Waals surface area contributed by atoms with Crippen LogP contribution in [0.25, 0.3) is 5.57 Å². The topological polar surface area (TPSA) is 12.4 Å². The van der Waals surface area contributed by atoms with E-state index in [4.69, 9.17) is 4.99 Å². The quantitative estimate of drug-likeness (QED) is 0.544. The molecule has 2 aromatic carbocycles. The molecule has 1 aliphatic rings. The summed E-state index contributed by atoms with van der Waals surface area (Å²) in [7, 11) is 0. The summed E-state index contributed by atoms with van der Waals surface area (Å²) in [5.41, 5.74) is 13.1. The summed E-state index contributed by atoms with van der Waals surface area (Å²) in [4.78, 5) is 4.85. The van der Waals surface area contributed by atoms with Crippen molar-refractivity contribution in [3.63, 3.8) is 0 Å². The van der Waals surface area contributed by atoms with E-state index in [9.17, 15) is 0 Å². The van der Waals surface area contributed by atoms with Gasteiger partial charge in [-0.15, -0.1) is 0 Å². The van der Waals surface area contributed by atoms with Crippen molar-refractivity contribution in [3.05, 3.63) is 80.9 Å². The van der Waals surface area contributed by atoms with Crippen LogP contribution in [0, 0.1) is 20.8 Å². The van der Waals surface area contributed by atoms with Crippen LogP contribution in [0.5, 0.6) is 0 Å². The summed E-state index contributed by atoms with van der Waals surface area (Å²) in [6, 6.07) is 13.0. The van der Waals surface area contributed by atoms with Crippen molar-refractivity contribution in [2.75, 3.05) is 0 Å². The van der Waals surface area contributed by atoms with Crippen molar-refractivity contribution in [3.8, 4) is 0 Å². The minimum atomic E-state index is 1.05. The number of allylic oxidation sites excluding steroid dienone is 4. The van der Waals surface area contributed by atoms with E-state index in [1.54, 1.807) is 0 Å². The van der Waals surface area contributed by atoms with E-state index >= 15 is 0 Å². The number of aryl methyl sites for hydroxylation is 3. The summed E-state index contributed by atoms with van der Waals surface area (Å²) >= 11 is 0. The van der Waals surface area contributed by atoms with Crippen LogP contribution in [0.1, 0.15) is 55.0 Å². The molecule has 0 radical (unpaired) electrons. The molecule has 1 nitrogen and oxygen atoms in total. The van der Waals surface area contributed by atoms with Crippen molar-refractivity contribution in [2.45, 2.75) is 48.0 Å². The third kappa shape index (κ3) is 3.37. The summed E-state index contributed by atoms with van der Waals surface area (Å²) in [6.07, 6.45) is 3.08. The zero-order chi connectivity index (χ0) is 18.1. The maximum absolute atomic E-state index is 4.85. The molecule has 0 N–H and O–H groups in total. The Labute approximate surface area is 151 Å². The zero-order valence-corrected chi connectivity index (χ0v) is 16.2. The lowest BCUT2D eigenvalue weighted by Gasteiger charge is -2.10. The second kappa shape index (κ2) is 6.84. The molecule has 0 spiro atoms. The number of benzene rings is 2. The molecule has 25 heavy (non-hydrogen) atoms. The van der Waals surface area contributed by atoms with Gasteiger partial charge in [-0.05, 0) is 81.4 Å². The Kier molecular flexibility index (Phi) is 4.76. The average Bonchev–Trinajstić information content (AvgIpc) is 2.82. The van der Waals surface area contributed by atoms with Crippen molar-refractivity contribution in [1.29, 1.82) is 0 Å². The van der Waals surface area contributed by atoms with Crippen LogP contribution in [0.4, 0.5) is 5.69 Å². The highest BCUT2D eigenvalue weighted by molar-refractivity contribution is 5.92. The molecule has 0 atom stereocenters. The van der Waals surface area contributed by atoms with Crippen LogP contribution in [-0.4, -0.2) is 6.21 Å². The number of hydrogen-bond acceptors (Lipinski definition) is 1. The maximum atomic E-state index is 4.85. The number of hydrogen-bond donors (Lipinski definition) is 0. The molecule has 1 aliphatic carbocycles. The van der Waals surface area contributed by atoms with Gasteiger partial charge in [0.1, 0.15) is 0 Å². The first-order valence-electron chi connectivity index (χ1n) is 8.96. The van der Waals surface area contributed by atoms with Crippen LogP contribution in [0.3, 0.4) is 0 Å². The van der Waals surface area contributed by atoms with Gasteiger partial charge >= 0.3 is 0 Å². The number of rotatable bonds is 3. The minimum absolute atomic E-state index is 1.05. The van der Waals surface area contributed by atoms with E-state index in [0.29, 0.717) is 0 Å². The molecule has 0 heterocycles. The van der Waals surface area contributed by atoms with Crippen molar-refractivity contribution < 1.29 is 0 Å². The van der Waals surface area contributed by atoms with E-state index in [1.165, 1.54) is 50.1 Å². The van der Waals surface area contributed by atoms with Crippen LogP contribution >= 0.6 is 0 Å². The van der Waals surface area contributed by atoms with E-state index in [2.05, 4.69) is 77.9 Å². The van der Waals surface area contributed by atoms with Gasteiger partial charge < -0.3 is 0 Å². The van der Waals surface area contributed by atoms with Gasteiger partial charge in [-0.2, -0.15) is 0 Å². The van der Waals surface area contributed by atoms with Gasteiger partial charge in [0.05, 0.1) is 5.69 Å². The molecular formula is C24H27N. The first-order chi connectivity index (χ1) is 11.9. The van der Waals surface area contributed by atoms with E-state index in [0.717, 1.165) is 12.1 Å². The molecule has 0 saturated heterocycles. The van der Waals surface area contributed by atoms with Gasteiger partial charge in [0.25, 0.3) is 0 Å². The molecule has 3 rings (SSSR count). The Morgan fingerprint density at radius 1 is 0.840 bits per heavy atom. The fourth-order valence-corrected chi connectivity index (χ4v) is 3.77. The second-order valence-electron chi connectivity index (χ2n) is 7.28. The zero-order valence-electron chi connectivity index (χ0n) is 16.2. The monoisotopic (exact) mass is 329 g/mol. The third-order valence-electron chi connectivity index (χ3n) is 5.35. The predicted octanol–water partition coefficient (Wildman–Crippen LogP) is 6.88. The molecule has 0 aliphatic heterocycles. The predicted molar refractivity (Wildman–Crippen MR) is 110 cm³/mol. The highest BCUT2D eigenvalue weighted by Gasteiger charge is 2.18. The minimum Gasteiger partial charge on any atom is -0.256 e. The Hall–Kier alpha value is -2.41. The summed E-state index contributed by atoms with van der Waals surface area (Å²) in [5, 5.41) is 0. The summed E-state index contributed by atoms with van der Waals surface area (Å²) in [5.74, 6) is 0. The second-order valence-corrected chi connectivity index (χ2v) is 7.28. The first kappa shape index (κ1) is 17.4. The lowest BCUT2D eigenvalue weighted by atomic mass is 9.96. The van der Waals surface area contributed by atoms with Crippen molar-refractivity contribution >= 4 is 17.5 Å². The molecule has 1 heteroatoms. The standard InChI is InChI=1S/C24H27N/c1-15-11-17(3)24(18(4)12-15)25-14-21-9-7-8-10-22(21)23-13-16(2)19(5)20(23)6/h7-12,14H,13H2,1-6H3. The molecule has 0 bridgehead atoms. The van der Waals surface area contributed by atoms with E-state index < -0.39 is 0 Å². The lowest BCUT2D eigenvalue weighted by Crippen LogP contribution is -1.93. The van der Waals surface area contributed by atoms with Crippen LogP contribution < -0.4 is 0 Å². The van der Waals surface area contributed by atoms with Gasteiger partial charge in [0.2, 0.25) is 0 Å². The number of aliphatic imine (C=N–C) groups is 1. The summed E-state index contributed by atoms with van der Waals surface area (Å²) in [6.45, 7) is 13.1. The largest absolute Gasteiger partial charge is 0.256 e. The SMILES string of the molecule is CC1=C(C)C(C)=C(c2ccccc2C=Nc2c(C)cc(C)cc2C)C1. The van der Waals surface area contributed by atoms with Crippen molar-refractivity contribution in [2.24, 2.45) is 4.99 Å². The van der Waals surface area contributed by atoms with Gasteiger partial charge in [-0.3, -0.25) is 4.99 Å². The number of nitrogens with zero attached hydrogens (tertiary/aromatic N) is 1. The fraction of sp³-hybridized carbons (Fsp3) is 0.292. The molecule has 128 valence electrons. The van der Waals surface area contributed by atoms with Crippen LogP contribution in [0.2, 0.25) is 0 Å². The van der Waals surface area contributed by atoms with Crippen molar-refractivity contribution in [1.82, 2.24) is 0 Å². The molecule has 0 aromatic heterocycles. The first-order valence-corrected chi connectivity index (χ1v) is 8.96. The van der Waals surface area contributed by atoms with E-state index in [1.807, 2.05) is 6.21 Å². The maximum Gasteiger partial charge on any atom is 0.0688 e. The van der Waals surface area contributed by atoms with Gasteiger partial charge in [-0.1, -0.05) is 47.5 Å². The fourth-order valence-electron chi connectivity index (χ4n) is 3.77. The molecule has 0 amide bonds. The third-order valence-corrected chi connectivity index (χ3v) is 5.35. The summed E-state index contributed by atoms with van der Waals surface area (Å²) < 4.78 is 0. The van der Waals surface area contributed by atoms with Gasteiger partial charge in [0, 0.05) is 11.8 Å². The Balaban J connectivity index is 2.02. The molecular weight excluding hydrogens is 302 g/mol. The normalized spacial score (nSPS) is 15.0. The Bertz CT molecular complexity index is 900. The Morgan fingerprint density at radius 3 is 2.08 bits per heavy atom. The smallest absolute Gasteiger partial charge is 0.0688 e. The van der Waals surface area contributed by atoms with Gasteiger partial charge in [-0.25, -0.2) is 0 Å². The van der Waals surface area contributed by atoms with E-state index in [-0.39, 0.29) is 0 Å². The molecule has 2 aromatic rings. The van der Waals surface area contributed by atoms with Gasteiger partial charge in [0.15, 0.2) is 0 Å². The highest BCUT2D eigenvalue weighted by atomic mass is 14.7. The molecule has 0 saturated carbocycles. The molecule has 0 unspecified atom stereocenters. The average molecular weight is 329 g/mol.